The second kappa shape index (κ2) is 11.8. The summed E-state index contributed by atoms with van der Waals surface area (Å²) < 4.78 is 5.18. The van der Waals surface area contributed by atoms with Gasteiger partial charge in [0.15, 0.2) is 0 Å². The zero-order valence-corrected chi connectivity index (χ0v) is 21.4. The van der Waals surface area contributed by atoms with E-state index in [1.807, 2.05) is 45.0 Å². The van der Waals surface area contributed by atoms with E-state index in [9.17, 15) is 9.59 Å². The van der Waals surface area contributed by atoms with Crippen LogP contribution in [0, 0.1) is 0 Å². The molecule has 0 unspecified atom stereocenters. The van der Waals surface area contributed by atoms with Crippen LogP contribution in [0.2, 0.25) is 10.0 Å². The highest BCUT2D eigenvalue weighted by Crippen LogP contribution is 2.24. The van der Waals surface area contributed by atoms with Gasteiger partial charge in [-0.1, -0.05) is 41.4 Å². The number of methoxy groups -OCH3 is 1. The van der Waals surface area contributed by atoms with Gasteiger partial charge in [-0.2, -0.15) is 0 Å². The molecule has 32 heavy (non-hydrogen) atoms. The van der Waals surface area contributed by atoms with Gasteiger partial charge in [-0.3, -0.25) is 9.59 Å². The molecule has 0 aliphatic rings. The summed E-state index contributed by atoms with van der Waals surface area (Å²) in [5.74, 6) is 1.36. The molecule has 174 valence electrons. The van der Waals surface area contributed by atoms with Gasteiger partial charge in [0, 0.05) is 27.9 Å². The SMILES string of the molecule is COc1ccc(CSCC(=O)N(Cc2ccc(Cl)cc2Cl)[C@H](C)C(=O)NC(C)(C)C)cc1. The predicted octanol–water partition coefficient (Wildman–Crippen LogP) is 5.57. The van der Waals surface area contributed by atoms with Crippen LogP contribution in [-0.4, -0.2) is 41.2 Å². The third kappa shape index (κ3) is 8.23. The van der Waals surface area contributed by atoms with Crippen molar-refractivity contribution in [1.29, 1.82) is 0 Å². The summed E-state index contributed by atoms with van der Waals surface area (Å²) in [4.78, 5) is 27.5. The summed E-state index contributed by atoms with van der Waals surface area (Å²) in [6, 6.07) is 12.2. The van der Waals surface area contributed by atoms with Crippen LogP contribution in [0.3, 0.4) is 0 Å². The highest BCUT2D eigenvalue weighted by molar-refractivity contribution is 7.99. The number of benzene rings is 2. The van der Waals surface area contributed by atoms with Crippen molar-refractivity contribution in [1.82, 2.24) is 10.2 Å². The van der Waals surface area contributed by atoms with E-state index in [2.05, 4.69) is 5.32 Å². The van der Waals surface area contributed by atoms with Crippen LogP contribution in [0.25, 0.3) is 0 Å². The molecule has 1 N–H and O–H groups in total. The summed E-state index contributed by atoms with van der Waals surface area (Å²) in [6.07, 6.45) is 0. The molecular formula is C24H30Cl2N2O3S. The Morgan fingerprint density at radius 1 is 1.12 bits per heavy atom. The summed E-state index contributed by atoms with van der Waals surface area (Å²) in [6.45, 7) is 7.67. The maximum absolute atomic E-state index is 13.2. The normalized spacial score (nSPS) is 12.2. The van der Waals surface area contributed by atoms with E-state index < -0.39 is 11.6 Å². The Kier molecular flexibility index (Phi) is 9.74. The molecule has 0 radical (unpaired) electrons. The van der Waals surface area contributed by atoms with Gasteiger partial charge < -0.3 is 15.0 Å². The first-order valence-corrected chi connectivity index (χ1v) is 12.2. The summed E-state index contributed by atoms with van der Waals surface area (Å²) >= 11 is 13.8. The minimum absolute atomic E-state index is 0.133. The fourth-order valence-corrected chi connectivity index (χ4v) is 4.29. The molecule has 5 nitrogen and oxygen atoms in total. The lowest BCUT2D eigenvalue weighted by Gasteiger charge is -2.31. The quantitative estimate of drug-likeness (QED) is 0.492. The Labute approximate surface area is 204 Å². The minimum atomic E-state index is -0.657. The number of amides is 2. The van der Waals surface area contributed by atoms with Gasteiger partial charge in [0.25, 0.3) is 0 Å². The molecule has 2 amide bonds. The number of thioether (sulfide) groups is 1. The van der Waals surface area contributed by atoms with Crippen LogP contribution in [-0.2, 0) is 21.9 Å². The summed E-state index contributed by atoms with van der Waals surface area (Å²) in [5.41, 5.74) is 1.43. The van der Waals surface area contributed by atoms with Crippen molar-refractivity contribution >= 4 is 46.8 Å². The molecule has 0 spiro atoms. The zero-order valence-electron chi connectivity index (χ0n) is 19.1. The fourth-order valence-electron chi connectivity index (χ4n) is 2.95. The molecule has 0 saturated carbocycles. The summed E-state index contributed by atoms with van der Waals surface area (Å²) in [5, 5.41) is 3.93. The standard InChI is InChI=1S/C24H30Cl2N2O3S/c1-16(23(30)27-24(2,3)4)28(13-18-8-9-19(25)12-21(18)26)22(29)15-32-14-17-6-10-20(31-5)11-7-17/h6-12,16H,13-15H2,1-5H3,(H,27,30)/t16-/m1/s1. The molecule has 0 saturated heterocycles. The van der Waals surface area contributed by atoms with Crippen LogP contribution in [0.1, 0.15) is 38.8 Å². The number of hydrogen-bond acceptors (Lipinski definition) is 4. The van der Waals surface area contributed by atoms with E-state index in [-0.39, 0.29) is 24.1 Å². The number of carbonyl (C=O) groups is 2. The van der Waals surface area contributed by atoms with Crippen LogP contribution in [0.15, 0.2) is 42.5 Å². The van der Waals surface area contributed by atoms with E-state index in [1.54, 1.807) is 37.1 Å². The third-order valence-corrected chi connectivity index (χ3v) is 6.25. The first-order chi connectivity index (χ1) is 15.0. The molecule has 2 aromatic carbocycles. The molecule has 0 fully saturated rings. The maximum Gasteiger partial charge on any atom is 0.242 e. The smallest absolute Gasteiger partial charge is 0.242 e. The van der Waals surface area contributed by atoms with E-state index in [4.69, 9.17) is 27.9 Å². The van der Waals surface area contributed by atoms with Gasteiger partial charge in [-0.25, -0.2) is 0 Å². The fraction of sp³-hybridized carbons (Fsp3) is 0.417. The Bertz CT molecular complexity index is 930. The van der Waals surface area contributed by atoms with Crippen LogP contribution < -0.4 is 10.1 Å². The van der Waals surface area contributed by atoms with Gasteiger partial charge in [0.2, 0.25) is 11.8 Å². The Balaban J connectivity index is 2.12. The van der Waals surface area contributed by atoms with Gasteiger partial charge in [-0.05, 0) is 63.1 Å². The Morgan fingerprint density at radius 3 is 2.34 bits per heavy atom. The Hall–Kier alpha value is -1.89. The lowest BCUT2D eigenvalue weighted by atomic mass is 10.1. The van der Waals surface area contributed by atoms with Crippen molar-refractivity contribution in [2.45, 2.75) is 51.6 Å². The van der Waals surface area contributed by atoms with E-state index in [1.165, 1.54) is 11.8 Å². The molecule has 0 bridgehead atoms. The lowest BCUT2D eigenvalue weighted by Crippen LogP contribution is -2.52. The molecule has 0 aromatic heterocycles. The molecule has 0 aliphatic carbocycles. The number of nitrogens with zero attached hydrogens (tertiary/aromatic N) is 1. The van der Waals surface area contributed by atoms with Crippen LogP contribution >= 0.6 is 35.0 Å². The van der Waals surface area contributed by atoms with E-state index >= 15 is 0 Å². The molecule has 1 atom stereocenters. The van der Waals surface area contributed by atoms with Crippen LogP contribution in [0.5, 0.6) is 5.75 Å². The average molecular weight is 497 g/mol. The number of halogens is 2. The van der Waals surface area contributed by atoms with Crippen molar-refractivity contribution in [3.05, 3.63) is 63.6 Å². The van der Waals surface area contributed by atoms with Crippen molar-refractivity contribution in [3.63, 3.8) is 0 Å². The van der Waals surface area contributed by atoms with Crippen molar-refractivity contribution in [2.75, 3.05) is 12.9 Å². The lowest BCUT2D eigenvalue weighted by molar-refractivity contribution is -0.139. The van der Waals surface area contributed by atoms with Crippen molar-refractivity contribution in [3.8, 4) is 5.75 Å². The highest BCUT2D eigenvalue weighted by Gasteiger charge is 2.28. The molecular weight excluding hydrogens is 467 g/mol. The van der Waals surface area contributed by atoms with E-state index in [0.29, 0.717) is 15.8 Å². The monoisotopic (exact) mass is 496 g/mol. The number of rotatable bonds is 9. The zero-order chi connectivity index (χ0) is 23.9. The predicted molar refractivity (Wildman–Crippen MR) is 134 cm³/mol. The average Bonchev–Trinajstić information content (AvgIpc) is 2.72. The van der Waals surface area contributed by atoms with Gasteiger partial charge in [-0.15, -0.1) is 11.8 Å². The number of ether oxygens (including phenoxy) is 1. The highest BCUT2D eigenvalue weighted by atomic mass is 35.5. The molecule has 8 heteroatoms. The van der Waals surface area contributed by atoms with Crippen molar-refractivity contribution in [2.24, 2.45) is 0 Å². The topological polar surface area (TPSA) is 58.6 Å². The van der Waals surface area contributed by atoms with Crippen molar-refractivity contribution < 1.29 is 14.3 Å². The first-order valence-electron chi connectivity index (χ1n) is 10.3. The first kappa shape index (κ1) is 26.4. The maximum atomic E-state index is 13.2. The molecule has 0 aliphatic heterocycles. The number of carbonyl (C=O) groups excluding carboxylic acids is 2. The molecule has 0 heterocycles. The van der Waals surface area contributed by atoms with E-state index in [0.717, 1.165) is 16.9 Å². The molecule has 2 rings (SSSR count). The van der Waals surface area contributed by atoms with Gasteiger partial charge in [0.05, 0.1) is 12.9 Å². The second-order valence-corrected chi connectivity index (χ2v) is 10.3. The Morgan fingerprint density at radius 2 is 1.78 bits per heavy atom. The van der Waals surface area contributed by atoms with Gasteiger partial charge >= 0.3 is 0 Å². The minimum Gasteiger partial charge on any atom is -0.497 e. The number of hydrogen-bond donors (Lipinski definition) is 1. The summed E-state index contributed by atoms with van der Waals surface area (Å²) in [7, 11) is 1.63. The van der Waals surface area contributed by atoms with Gasteiger partial charge in [0.1, 0.15) is 11.8 Å². The van der Waals surface area contributed by atoms with Crippen LogP contribution in [0.4, 0.5) is 0 Å². The second-order valence-electron chi connectivity index (χ2n) is 8.51. The number of nitrogens with one attached hydrogen (secondary N) is 1. The third-order valence-electron chi connectivity index (χ3n) is 4.67. The molecule has 2 aromatic rings. The largest absolute Gasteiger partial charge is 0.497 e.